The van der Waals surface area contributed by atoms with Gasteiger partial charge in [0.2, 0.25) is 5.91 Å². The van der Waals surface area contributed by atoms with E-state index in [2.05, 4.69) is 5.32 Å². The van der Waals surface area contributed by atoms with Crippen molar-refractivity contribution in [2.24, 2.45) is 0 Å². The molecule has 0 spiro atoms. The average Bonchev–Trinajstić information content (AvgIpc) is 2.70. The van der Waals surface area contributed by atoms with E-state index in [9.17, 15) is 9.59 Å². The monoisotopic (exact) mass is 397 g/mol. The van der Waals surface area contributed by atoms with Crippen molar-refractivity contribution in [1.82, 2.24) is 9.80 Å². The predicted molar refractivity (Wildman–Crippen MR) is 114 cm³/mol. The number of rotatable bonds is 3. The maximum Gasteiger partial charge on any atom is 0.321 e. The number of anilines is 1. The Morgan fingerprint density at radius 3 is 2.25 bits per heavy atom. The minimum absolute atomic E-state index is 0.0362. The van der Waals surface area contributed by atoms with Gasteiger partial charge in [0.15, 0.2) is 0 Å². The van der Waals surface area contributed by atoms with Crippen LogP contribution in [0.4, 0.5) is 10.5 Å². The fourth-order valence-corrected chi connectivity index (χ4v) is 3.13. The summed E-state index contributed by atoms with van der Waals surface area (Å²) in [7, 11) is 0. The van der Waals surface area contributed by atoms with E-state index in [1.54, 1.807) is 21.9 Å². The largest absolute Gasteiger partial charge is 0.336 e. The molecule has 1 aliphatic heterocycles. The van der Waals surface area contributed by atoms with Gasteiger partial charge in [-0.25, -0.2) is 4.79 Å². The Hall–Kier alpha value is -2.79. The molecule has 0 saturated carbocycles. The van der Waals surface area contributed by atoms with Crippen LogP contribution in [0.1, 0.15) is 16.7 Å². The van der Waals surface area contributed by atoms with Crippen LogP contribution in [0, 0.1) is 13.8 Å². The van der Waals surface area contributed by atoms with Crippen LogP contribution in [0.3, 0.4) is 0 Å². The second kappa shape index (κ2) is 8.93. The van der Waals surface area contributed by atoms with Crippen LogP contribution in [-0.4, -0.2) is 47.9 Å². The molecular formula is C22H24ClN3O2. The van der Waals surface area contributed by atoms with Crippen molar-refractivity contribution in [1.29, 1.82) is 0 Å². The highest BCUT2D eigenvalue weighted by molar-refractivity contribution is 6.31. The Morgan fingerprint density at radius 1 is 0.964 bits per heavy atom. The van der Waals surface area contributed by atoms with E-state index >= 15 is 0 Å². The molecule has 0 aliphatic carbocycles. The third kappa shape index (κ3) is 5.14. The van der Waals surface area contributed by atoms with E-state index in [4.69, 9.17) is 11.6 Å². The summed E-state index contributed by atoms with van der Waals surface area (Å²) in [5.41, 5.74) is 3.81. The minimum atomic E-state index is -0.179. The van der Waals surface area contributed by atoms with Gasteiger partial charge in [0.05, 0.1) is 0 Å². The lowest BCUT2D eigenvalue weighted by molar-refractivity contribution is -0.127. The van der Waals surface area contributed by atoms with Gasteiger partial charge in [-0.15, -0.1) is 0 Å². The molecule has 28 heavy (non-hydrogen) atoms. The molecule has 6 heteroatoms. The van der Waals surface area contributed by atoms with Gasteiger partial charge >= 0.3 is 6.03 Å². The van der Waals surface area contributed by atoms with Crippen molar-refractivity contribution >= 4 is 35.3 Å². The highest BCUT2D eigenvalue weighted by Gasteiger charge is 2.23. The zero-order chi connectivity index (χ0) is 20.1. The summed E-state index contributed by atoms with van der Waals surface area (Å²) in [5, 5.41) is 3.48. The number of hydrogen-bond donors (Lipinski definition) is 1. The summed E-state index contributed by atoms with van der Waals surface area (Å²) in [6, 6.07) is 13.3. The van der Waals surface area contributed by atoms with Crippen molar-refractivity contribution in [2.75, 3.05) is 31.5 Å². The lowest BCUT2D eigenvalue weighted by atomic mass is 10.1. The van der Waals surface area contributed by atoms with Gasteiger partial charge in [0.25, 0.3) is 0 Å². The van der Waals surface area contributed by atoms with Gasteiger partial charge in [0, 0.05) is 43.0 Å². The molecule has 5 nitrogen and oxygen atoms in total. The lowest BCUT2D eigenvalue weighted by Gasteiger charge is -2.34. The first-order valence-corrected chi connectivity index (χ1v) is 9.66. The van der Waals surface area contributed by atoms with Crippen molar-refractivity contribution < 1.29 is 9.59 Å². The van der Waals surface area contributed by atoms with Gasteiger partial charge in [0.1, 0.15) is 0 Å². The summed E-state index contributed by atoms with van der Waals surface area (Å²) in [5.74, 6) is -0.0362. The molecule has 146 valence electrons. The number of aryl methyl sites for hydroxylation is 2. The van der Waals surface area contributed by atoms with E-state index in [1.165, 1.54) is 5.56 Å². The molecule has 0 atom stereocenters. The van der Waals surface area contributed by atoms with Crippen LogP contribution in [0.2, 0.25) is 5.02 Å². The smallest absolute Gasteiger partial charge is 0.321 e. The maximum absolute atomic E-state index is 12.4. The number of hydrogen-bond acceptors (Lipinski definition) is 2. The van der Waals surface area contributed by atoms with Crippen LogP contribution >= 0.6 is 11.6 Å². The van der Waals surface area contributed by atoms with E-state index in [0.29, 0.717) is 36.9 Å². The van der Waals surface area contributed by atoms with Gasteiger partial charge < -0.3 is 15.1 Å². The summed E-state index contributed by atoms with van der Waals surface area (Å²) in [6.45, 7) is 5.96. The molecule has 1 saturated heterocycles. The van der Waals surface area contributed by atoms with Crippen LogP contribution in [0.25, 0.3) is 6.08 Å². The van der Waals surface area contributed by atoms with Crippen LogP contribution in [0.15, 0.2) is 48.5 Å². The Bertz CT molecular complexity index is 885. The normalized spacial score (nSPS) is 14.4. The Labute approximate surface area is 170 Å². The highest BCUT2D eigenvalue weighted by Crippen LogP contribution is 2.20. The maximum atomic E-state index is 12.4. The highest BCUT2D eigenvalue weighted by atomic mass is 35.5. The summed E-state index contributed by atoms with van der Waals surface area (Å²) >= 11 is 6.10. The van der Waals surface area contributed by atoms with E-state index < -0.39 is 0 Å². The SMILES string of the molecule is Cc1ccc(/C=C/C(=O)N2CCN(C(=O)Nc3ccc(C)c(Cl)c3)CC2)cc1. The van der Waals surface area contributed by atoms with E-state index in [1.807, 2.05) is 56.3 Å². The summed E-state index contributed by atoms with van der Waals surface area (Å²) < 4.78 is 0. The molecule has 1 fully saturated rings. The Balaban J connectivity index is 1.50. The average molecular weight is 398 g/mol. The number of carbonyl (C=O) groups excluding carboxylic acids is 2. The number of carbonyl (C=O) groups is 2. The first-order valence-electron chi connectivity index (χ1n) is 9.28. The number of halogens is 1. The zero-order valence-electron chi connectivity index (χ0n) is 16.1. The molecule has 0 bridgehead atoms. The summed E-state index contributed by atoms with van der Waals surface area (Å²) in [6.07, 6.45) is 3.41. The minimum Gasteiger partial charge on any atom is -0.336 e. The molecular weight excluding hydrogens is 374 g/mol. The van der Waals surface area contributed by atoms with Crippen molar-refractivity contribution in [3.05, 3.63) is 70.3 Å². The van der Waals surface area contributed by atoms with Gasteiger partial charge in [-0.1, -0.05) is 47.5 Å². The second-order valence-corrected chi connectivity index (χ2v) is 7.36. The molecule has 0 unspecified atom stereocenters. The van der Waals surface area contributed by atoms with E-state index in [-0.39, 0.29) is 11.9 Å². The molecule has 1 heterocycles. The molecule has 2 aromatic carbocycles. The number of amides is 3. The molecule has 0 radical (unpaired) electrons. The standard InChI is InChI=1S/C22H24ClN3O2/c1-16-3-6-18(7-4-16)8-10-21(27)25-11-13-26(14-12-25)22(28)24-19-9-5-17(2)20(23)15-19/h3-10,15H,11-14H2,1-2H3,(H,24,28)/b10-8+. The fraction of sp³-hybridized carbons (Fsp3) is 0.273. The molecule has 3 amide bonds. The first kappa shape index (κ1) is 20.0. The fourth-order valence-electron chi connectivity index (χ4n) is 2.95. The number of urea groups is 1. The zero-order valence-corrected chi connectivity index (χ0v) is 16.9. The predicted octanol–water partition coefficient (Wildman–Crippen LogP) is 4.35. The number of nitrogens with zero attached hydrogens (tertiary/aromatic N) is 2. The van der Waals surface area contributed by atoms with Crippen molar-refractivity contribution in [2.45, 2.75) is 13.8 Å². The van der Waals surface area contributed by atoms with E-state index in [0.717, 1.165) is 11.1 Å². The third-order valence-corrected chi connectivity index (χ3v) is 5.20. The molecule has 0 aromatic heterocycles. The number of nitrogens with one attached hydrogen (secondary N) is 1. The number of piperazine rings is 1. The summed E-state index contributed by atoms with van der Waals surface area (Å²) in [4.78, 5) is 28.3. The van der Waals surface area contributed by atoms with Crippen LogP contribution in [-0.2, 0) is 4.79 Å². The van der Waals surface area contributed by atoms with Crippen LogP contribution < -0.4 is 5.32 Å². The van der Waals surface area contributed by atoms with Crippen molar-refractivity contribution in [3.63, 3.8) is 0 Å². The Kier molecular flexibility index (Phi) is 6.37. The number of benzene rings is 2. The van der Waals surface area contributed by atoms with Gasteiger partial charge in [-0.05, 0) is 43.2 Å². The van der Waals surface area contributed by atoms with Gasteiger partial charge in [-0.2, -0.15) is 0 Å². The van der Waals surface area contributed by atoms with Gasteiger partial charge in [-0.3, -0.25) is 4.79 Å². The molecule has 1 N–H and O–H groups in total. The lowest BCUT2D eigenvalue weighted by Crippen LogP contribution is -2.51. The Morgan fingerprint density at radius 2 is 1.61 bits per heavy atom. The molecule has 1 aliphatic rings. The molecule has 3 rings (SSSR count). The van der Waals surface area contributed by atoms with Crippen molar-refractivity contribution in [3.8, 4) is 0 Å². The first-order chi connectivity index (χ1) is 13.4. The quantitative estimate of drug-likeness (QED) is 0.783. The molecule has 2 aromatic rings. The van der Waals surface area contributed by atoms with Crippen LogP contribution in [0.5, 0.6) is 0 Å². The topological polar surface area (TPSA) is 52.7 Å². The third-order valence-electron chi connectivity index (χ3n) is 4.80. The second-order valence-electron chi connectivity index (χ2n) is 6.95.